The summed E-state index contributed by atoms with van der Waals surface area (Å²) in [5.41, 5.74) is 0. The molecule has 0 aromatic carbocycles. The van der Waals surface area contributed by atoms with Gasteiger partial charge in [0.2, 0.25) is 0 Å². The fourth-order valence-corrected chi connectivity index (χ4v) is 2.57. The van der Waals surface area contributed by atoms with Crippen LogP contribution in [0, 0.1) is 0 Å². The van der Waals surface area contributed by atoms with Gasteiger partial charge in [0, 0.05) is 25.2 Å². The van der Waals surface area contributed by atoms with Gasteiger partial charge in [0.1, 0.15) is 0 Å². The Morgan fingerprint density at radius 1 is 1.44 bits per heavy atom. The highest BCUT2D eigenvalue weighted by atomic mass is 15.2. The summed E-state index contributed by atoms with van der Waals surface area (Å²) < 4.78 is 0. The first-order valence-corrected chi connectivity index (χ1v) is 6.75. The van der Waals surface area contributed by atoms with Gasteiger partial charge < -0.3 is 10.2 Å². The van der Waals surface area contributed by atoms with Crippen LogP contribution in [0.2, 0.25) is 0 Å². The van der Waals surface area contributed by atoms with Crippen LogP contribution in [-0.2, 0) is 0 Å². The second-order valence-electron chi connectivity index (χ2n) is 5.41. The molecule has 0 aliphatic carbocycles. The number of likely N-dealkylation sites (N-methyl/N-ethyl adjacent to an activating group) is 1. The molecule has 0 spiro atoms. The topological polar surface area (TPSA) is 18.5 Å². The van der Waals surface area contributed by atoms with E-state index in [0.717, 1.165) is 12.6 Å². The number of likely N-dealkylation sites (tertiary alicyclic amines) is 1. The average molecular weight is 227 g/mol. The van der Waals surface area contributed by atoms with E-state index in [-0.39, 0.29) is 0 Å². The minimum absolute atomic E-state index is 0.628. The molecule has 16 heavy (non-hydrogen) atoms. The summed E-state index contributed by atoms with van der Waals surface area (Å²) in [6.07, 6.45) is 3.98. The molecule has 3 nitrogen and oxygen atoms in total. The maximum absolute atomic E-state index is 3.58. The van der Waals surface area contributed by atoms with Gasteiger partial charge in [0.25, 0.3) is 0 Å². The molecule has 0 aromatic heterocycles. The van der Waals surface area contributed by atoms with Gasteiger partial charge in [-0.3, -0.25) is 4.90 Å². The first-order chi connectivity index (χ1) is 7.63. The number of nitrogens with zero attached hydrogens (tertiary/aromatic N) is 2. The molecule has 0 saturated carbocycles. The Bertz CT molecular complexity index is 182. The van der Waals surface area contributed by atoms with Crippen molar-refractivity contribution in [3.05, 3.63) is 0 Å². The van der Waals surface area contributed by atoms with Crippen LogP contribution in [-0.4, -0.2) is 62.2 Å². The third-order valence-electron chi connectivity index (χ3n) is 3.33. The summed E-state index contributed by atoms with van der Waals surface area (Å²) in [5.74, 6) is 0. The van der Waals surface area contributed by atoms with Crippen LogP contribution in [0.25, 0.3) is 0 Å². The van der Waals surface area contributed by atoms with Crippen molar-refractivity contribution in [3.8, 4) is 0 Å². The van der Waals surface area contributed by atoms with Crippen LogP contribution >= 0.6 is 0 Å². The van der Waals surface area contributed by atoms with Gasteiger partial charge in [-0.15, -0.1) is 0 Å². The summed E-state index contributed by atoms with van der Waals surface area (Å²) in [7, 11) is 4.35. The summed E-state index contributed by atoms with van der Waals surface area (Å²) in [4.78, 5) is 4.97. The summed E-state index contributed by atoms with van der Waals surface area (Å²) in [6, 6.07) is 1.41. The lowest BCUT2D eigenvalue weighted by Gasteiger charge is -2.29. The van der Waals surface area contributed by atoms with E-state index < -0.39 is 0 Å². The van der Waals surface area contributed by atoms with Crippen molar-refractivity contribution in [2.24, 2.45) is 0 Å². The Morgan fingerprint density at radius 2 is 2.19 bits per heavy atom. The summed E-state index contributed by atoms with van der Waals surface area (Å²) in [5, 5.41) is 3.58. The van der Waals surface area contributed by atoms with Gasteiger partial charge in [-0.2, -0.15) is 0 Å². The Labute approximate surface area is 101 Å². The van der Waals surface area contributed by atoms with E-state index >= 15 is 0 Å². The maximum atomic E-state index is 3.58. The smallest absolute Gasteiger partial charge is 0.0224 e. The van der Waals surface area contributed by atoms with Crippen molar-refractivity contribution in [1.82, 2.24) is 15.1 Å². The molecular weight excluding hydrogens is 198 g/mol. The molecule has 0 amide bonds. The van der Waals surface area contributed by atoms with E-state index in [2.05, 4.69) is 43.1 Å². The molecule has 1 aliphatic heterocycles. The first-order valence-electron chi connectivity index (χ1n) is 6.75. The third kappa shape index (κ3) is 4.81. The van der Waals surface area contributed by atoms with E-state index in [1.807, 2.05) is 0 Å². The Morgan fingerprint density at radius 3 is 2.81 bits per heavy atom. The molecular formula is C13H29N3. The van der Waals surface area contributed by atoms with Gasteiger partial charge in [-0.05, 0) is 53.4 Å². The highest BCUT2D eigenvalue weighted by Gasteiger charge is 2.25. The lowest BCUT2D eigenvalue weighted by atomic mass is 10.2. The summed E-state index contributed by atoms with van der Waals surface area (Å²) in [6.45, 7) is 9.38. The zero-order valence-corrected chi connectivity index (χ0v) is 11.5. The maximum Gasteiger partial charge on any atom is 0.0224 e. The lowest BCUT2D eigenvalue weighted by Crippen LogP contribution is -2.44. The molecule has 0 aromatic rings. The molecule has 3 heteroatoms. The molecule has 2 unspecified atom stereocenters. The lowest BCUT2D eigenvalue weighted by molar-refractivity contribution is 0.193. The Kier molecular flexibility index (Phi) is 6.32. The standard InChI is InChI=1S/C13H29N3/c1-5-8-14-12(2)10-16-9-6-7-13(16)11-15(3)4/h12-14H,5-11H2,1-4H3. The number of hydrogen-bond acceptors (Lipinski definition) is 3. The molecule has 1 saturated heterocycles. The third-order valence-corrected chi connectivity index (χ3v) is 3.33. The second-order valence-corrected chi connectivity index (χ2v) is 5.41. The minimum atomic E-state index is 0.628. The van der Waals surface area contributed by atoms with Crippen molar-refractivity contribution in [1.29, 1.82) is 0 Å². The predicted octanol–water partition coefficient (Wildman–Crippen LogP) is 1.40. The van der Waals surface area contributed by atoms with Crippen LogP contribution in [0.15, 0.2) is 0 Å². The quantitative estimate of drug-likeness (QED) is 0.709. The highest BCUT2D eigenvalue weighted by Crippen LogP contribution is 2.17. The van der Waals surface area contributed by atoms with Crippen LogP contribution in [0.5, 0.6) is 0 Å². The molecule has 0 bridgehead atoms. The molecule has 2 atom stereocenters. The van der Waals surface area contributed by atoms with Crippen molar-refractivity contribution >= 4 is 0 Å². The first kappa shape index (κ1) is 13.9. The van der Waals surface area contributed by atoms with E-state index in [1.54, 1.807) is 0 Å². The van der Waals surface area contributed by atoms with E-state index in [9.17, 15) is 0 Å². The van der Waals surface area contributed by atoms with Gasteiger partial charge in [0.15, 0.2) is 0 Å². The molecule has 1 fully saturated rings. The monoisotopic (exact) mass is 227 g/mol. The van der Waals surface area contributed by atoms with Crippen molar-refractivity contribution < 1.29 is 0 Å². The van der Waals surface area contributed by atoms with Crippen molar-refractivity contribution in [3.63, 3.8) is 0 Å². The van der Waals surface area contributed by atoms with Crippen LogP contribution in [0.4, 0.5) is 0 Å². The van der Waals surface area contributed by atoms with Crippen molar-refractivity contribution in [2.45, 2.75) is 45.2 Å². The molecule has 1 aliphatic rings. The van der Waals surface area contributed by atoms with Gasteiger partial charge in [-0.25, -0.2) is 0 Å². The number of rotatable bonds is 7. The van der Waals surface area contributed by atoms with Gasteiger partial charge in [0.05, 0.1) is 0 Å². The molecule has 1 rings (SSSR count). The highest BCUT2D eigenvalue weighted by molar-refractivity contribution is 4.83. The molecule has 96 valence electrons. The number of nitrogens with one attached hydrogen (secondary N) is 1. The van der Waals surface area contributed by atoms with Crippen LogP contribution in [0.3, 0.4) is 0 Å². The van der Waals surface area contributed by atoms with Gasteiger partial charge >= 0.3 is 0 Å². The van der Waals surface area contributed by atoms with E-state index in [0.29, 0.717) is 6.04 Å². The fourth-order valence-electron chi connectivity index (χ4n) is 2.57. The molecule has 0 radical (unpaired) electrons. The normalized spacial score (nSPS) is 24.2. The zero-order valence-electron chi connectivity index (χ0n) is 11.5. The van der Waals surface area contributed by atoms with E-state index in [1.165, 1.54) is 38.9 Å². The number of hydrogen-bond donors (Lipinski definition) is 1. The van der Waals surface area contributed by atoms with Crippen LogP contribution in [0.1, 0.15) is 33.1 Å². The zero-order chi connectivity index (χ0) is 12.0. The molecule has 1 N–H and O–H groups in total. The second kappa shape index (κ2) is 7.25. The van der Waals surface area contributed by atoms with Crippen molar-refractivity contribution in [2.75, 3.05) is 40.3 Å². The SMILES string of the molecule is CCCNC(C)CN1CCCC1CN(C)C. The fraction of sp³-hybridized carbons (Fsp3) is 1.00. The summed E-state index contributed by atoms with van der Waals surface area (Å²) >= 11 is 0. The Balaban J connectivity index is 2.28. The predicted molar refractivity (Wildman–Crippen MR) is 70.9 cm³/mol. The largest absolute Gasteiger partial charge is 0.313 e. The Hall–Kier alpha value is -0.120. The van der Waals surface area contributed by atoms with Crippen LogP contribution < -0.4 is 5.32 Å². The average Bonchev–Trinajstić information content (AvgIpc) is 2.62. The minimum Gasteiger partial charge on any atom is -0.313 e. The van der Waals surface area contributed by atoms with Gasteiger partial charge in [-0.1, -0.05) is 6.92 Å². The van der Waals surface area contributed by atoms with E-state index in [4.69, 9.17) is 0 Å². The molecule has 1 heterocycles.